The van der Waals surface area contributed by atoms with E-state index in [9.17, 15) is 0 Å². The number of ether oxygens (including phenoxy) is 1. The molecule has 0 amide bonds. The summed E-state index contributed by atoms with van der Waals surface area (Å²) in [5, 5.41) is 3.46. The van der Waals surface area contributed by atoms with Crippen molar-refractivity contribution in [3.05, 3.63) is 34.3 Å². The monoisotopic (exact) mass is 341 g/mol. The predicted octanol–water partition coefficient (Wildman–Crippen LogP) is 4.94. The second-order valence-corrected chi connectivity index (χ2v) is 7.25. The van der Waals surface area contributed by atoms with E-state index in [1.807, 2.05) is 6.07 Å². The van der Waals surface area contributed by atoms with Crippen molar-refractivity contribution < 1.29 is 4.74 Å². The molecule has 0 saturated heterocycles. The molecule has 0 spiro atoms. The Morgan fingerprint density at radius 3 is 2.55 bits per heavy atom. The molecule has 0 heterocycles. The van der Waals surface area contributed by atoms with Crippen LogP contribution in [0, 0.1) is 5.41 Å². The Morgan fingerprint density at radius 2 is 1.95 bits per heavy atom. The van der Waals surface area contributed by atoms with Gasteiger partial charge in [-0.2, -0.15) is 0 Å². The van der Waals surface area contributed by atoms with Gasteiger partial charge in [0.05, 0.1) is 6.10 Å². The summed E-state index contributed by atoms with van der Waals surface area (Å²) in [6.07, 6.45) is 2.33. The molecule has 1 aromatic rings. The molecule has 0 aliphatic heterocycles. The highest BCUT2D eigenvalue weighted by Gasteiger charge is 2.16. The molecule has 114 valence electrons. The normalized spacial score (nSPS) is 13.4. The Hall–Kier alpha value is -0.380. The van der Waals surface area contributed by atoms with Crippen LogP contribution in [0.4, 0.5) is 0 Å². The van der Waals surface area contributed by atoms with E-state index >= 15 is 0 Å². The maximum absolute atomic E-state index is 6.14. The zero-order valence-corrected chi connectivity index (χ0v) is 14.8. The molecule has 0 aliphatic rings. The molecule has 0 radical (unpaired) electrons. The van der Waals surface area contributed by atoms with Gasteiger partial charge >= 0.3 is 0 Å². The van der Waals surface area contributed by atoms with Crippen LogP contribution in [0.1, 0.15) is 52.2 Å². The second-order valence-electron chi connectivity index (χ2n) is 6.40. The SMILES string of the molecule is CCCNCC(OCCC(C)(C)C)c1ccccc1Br. The van der Waals surface area contributed by atoms with Crippen molar-refractivity contribution >= 4 is 15.9 Å². The van der Waals surface area contributed by atoms with Crippen LogP contribution < -0.4 is 5.32 Å². The molecule has 1 aromatic carbocycles. The first-order valence-corrected chi connectivity index (χ1v) is 8.30. The van der Waals surface area contributed by atoms with Crippen molar-refractivity contribution in [2.45, 2.75) is 46.6 Å². The molecule has 3 heteroatoms. The fourth-order valence-electron chi connectivity index (χ4n) is 1.91. The summed E-state index contributed by atoms with van der Waals surface area (Å²) in [4.78, 5) is 0. The highest BCUT2D eigenvalue weighted by atomic mass is 79.9. The highest BCUT2D eigenvalue weighted by Crippen LogP contribution is 2.27. The number of benzene rings is 1. The first-order valence-electron chi connectivity index (χ1n) is 7.51. The number of halogens is 1. The van der Waals surface area contributed by atoms with Gasteiger partial charge in [0.1, 0.15) is 0 Å². The van der Waals surface area contributed by atoms with Crippen LogP contribution in [0.5, 0.6) is 0 Å². The van der Waals surface area contributed by atoms with Crippen molar-refractivity contribution in [3.63, 3.8) is 0 Å². The topological polar surface area (TPSA) is 21.3 Å². The smallest absolute Gasteiger partial charge is 0.0960 e. The molecule has 0 fully saturated rings. The Kier molecular flexibility index (Phi) is 7.78. The van der Waals surface area contributed by atoms with Crippen molar-refractivity contribution in [3.8, 4) is 0 Å². The van der Waals surface area contributed by atoms with E-state index in [4.69, 9.17) is 4.74 Å². The molecule has 0 aliphatic carbocycles. The third-order valence-electron chi connectivity index (χ3n) is 3.18. The molecular weight excluding hydrogens is 314 g/mol. The van der Waals surface area contributed by atoms with Crippen LogP contribution in [0.3, 0.4) is 0 Å². The molecule has 1 rings (SSSR count). The van der Waals surface area contributed by atoms with Crippen LogP contribution in [-0.2, 0) is 4.74 Å². The van der Waals surface area contributed by atoms with Gasteiger partial charge in [-0.05, 0) is 36.4 Å². The van der Waals surface area contributed by atoms with Gasteiger partial charge in [-0.1, -0.05) is 61.8 Å². The summed E-state index contributed by atoms with van der Waals surface area (Å²) in [6.45, 7) is 11.6. The fraction of sp³-hybridized carbons (Fsp3) is 0.647. The lowest BCUT2D eigenvalue weighted by Crippen LogP contribution is -2.25. The van der Waals surface area contributed by atoms with Gasteiger partial charge in [0, 0.05) is 17.6 Å². The van der Waals surface area contributed by atoms with Crippen LogP contribution in [0.25, 0.3) is 0 Å². The van der Waals surface area contributed by atoms with E-state index in [0.29, 0.717) is 5.41 Å². The van der Waals surface area contributed by atoms with Crippen molar-refractivity contribution in [2.75, 3.05) is 19.7 Å². The summed E-state index contributed by atoms with van der Waals surface area (Å²) < 4.78 is 7.26. The highest BCUT2D eigenvalue weighted by molar-refractivity contribution is 9.10. The molecule has 20 heavy (non-hydrogen) atoms. The lowest BCUT2D eigenvalue weighted by Gasteiger charge is -2.23. The van der Waals surface area contributed by atoms with E-state index in [-0.39, 0.29) is 6.10 Å². The van der Waals surface area contributed by atoms with Crippen LogP contribution in [0.15, 0.2) is 28.7 Å². The maximum atomic E-state index is 6.14. The quantitative estimate of drug-likeness (QED) is 0.676. The van der Waals surface area contributed by atoms with Gasteiger partial charge < -0.3 is 10.1 Å². The standard InChI is InChI=1S/C17H28BrNO/c1-5-11-19-13-16(20-12-10-17(2,3)4)14-8-6-7-9-15(14)18/h6-9,16,19H,5,10-13H2,1-4H3. The van der Waals surface area contributed by atoms with Crippen molar-refractivity contribution in [1.29, 1.82) is 0 Å². The average molecular weight is 342 g/mol. The van der Waals surface area contributed by atoms with Crippen LogP contribution >= 0.6 is 15.9 Å². The van der Waals surface area contributed by atoms with Gasteiger partial charge in [-0.3, -0.25) is 0 Å². The molecule has 0 aromatic heterocycles. The molecular formula is C17H28BrNO. The largest absolute Gasteiger partial charge is 0.372 e. The van der Waals surface area contributed by atoms with E-state index in [1.165, 1.54) is 5.56 Å². The molecule has 1 N–H and O–H groups in total. The molecule has 1 atom stereocenters. The lowest BCUT2D eigenvalue weighted by molar-refractivity contribution is 0.0367. The van der Waals surface area contributed by atoms with Gasteiger partial charge in [-0.15, -0.1) is 0 Å². The van der Waals surface area contributed by atoms with E-state index in [1.54, 1.807) is 0 Å². The number of rotatable bonds is 8. The third kappa shape index (κ3) is 6.87. The van der Waals surface area contributed by atoms with Crippen molar-refractivity contribution in [1.82, 2.24) is 5.32 Å². The minimum absolute atomic E-state index is 0.111. The molecule has 0 saturated carbocycles. The number of hydrogen-bond acceptors (Lipinski definition) is 2. The van der Waals surface area contributed by atoms with Gasteiger partial charge in [-0.25, -0.2) is 0 Å². The molecule has 0 bridgehead atoms. The van der Waals surface area contributed by atoms with Crippen molar-refractivity contribution in [2.24, 2.45) is 5.41 Å². The Morgan fingerprint density at radius 1 is 1.25 bits per heavy atom. The summed E-state index contributed by atoms with van der Waals surface area (Å²) in [5.74, 6) is 0. The lowest BCUT2D eigenvalue weighted by atomic mass is 9.93. The average Bonchev–Trinajstić information content (AvgIpc) is 2.37. The van der Waals surface area contributed by atoms with E-state index in [0.717, 1.165) is 37.0 Å². The first kappa shape index (κ1) is 17.7. The van der Waals surface area contributed by atoms with Gasteiger partial charge in [0.25, 0.3) is 0 Å². The number of nitrogens with one attached hydrogen (secondary N) is 1. The van der Waals surface area contributed by atoms with E-state index < -0.39 is 0 Å². The fourth-order valence-corrected chi connectivity index (χ4v) is 2.45. The van der Waals surface area contributed by atoms with Gasteiger partial charge in [0.2, 0.25) is 0 Å². The minimum atomic E-state index is 0.111. The number of hydrogen-bond donors (Lipinski definition) is 1. The van der Waals surface area contributed by atoms with Gasteiger partial charge in [0.15, 0.2) is 0 Å². The summed E-state index contributed by atoms with van der Waals surface area (Å²) >= 11 is 3.63. The van der Waals surface area contributed by atoms with Crippen LogP contribution in [-0.4, -0.2) is 19.7 Å². The van der Waals surface area contributed by atoms with Crippen LogP contribution in [0.2, 0.25) is 0 Å². The zero-order chi connectivity index (χ0) is 15.0. The minimum Gasteiger partial charge on any atom is -0.372 e. The second kappa shape index (κ2) is 8.81. The Balaban J connectivity index is 2.63. The molecule has 2 nitrogen and oxygen atoms in total. The Bertz CT molecular complexity index is 387. The zero-order valence-electron chi connectivity index (χ0n) is 13.2. The summed E-state index contributed by atoms with van der Waals surface area (Å²) in [6, 6.07) is 8.33. The molecule has 1 unspecified atom stereocenters. The summed E-state index contributed by atoms with van der Waals surface area (Å²) in [7, 11) is 0. The maximum Gasteiger partial charge on any atom is 0.0960 e. The Labute approximate surface area is 132 Å². The third-order valence-corrected chi connectivity index (χ3v) is 3.90. The first-order chi connectivity index (χ1) is 9.44. The van der Waals surface area contributed by atoms with E-state index in [2.05, 4.69) is 67.1 Å². The predicted molar refractivity (Wildman–Crippen MR) is 90.1 cm³/mol. The summed E-state index contributed by atoms with van der Waals surface area (Å²) in [5.41, 5.74) is 1.54.